The summed E-state index contributed by atoms with van der Waals surface area (Å²) < 4.78 is 5.51. The van der Waals surface area contributed by atoms with Crippen molar-refractivity contribution in [3.63, 3.8) is 0 Å². The van der Waals surface area contributed by atoms with Gasteiger partial charge in [0.2, 0.25) is 0 Å². The predicted molar refractivity (Wildman–Crippen MR) is 69.2 cm³/mol. The molecule has 0 unspecified atom stereocenters. The molecule has 0 amide bonds. The summed E-state index contributed by atoms with van der Waals surface area (Å²) in [6, 6.07) is 0. The maximum atomic E-state index is 8.71. The van der Waals surface area contributed by atoms with E-state index in [4.69, 9.17) is 14.9 Å². The van der Waals surface area contributed by atoms with Crippen molar-refractivity contribution >= 4 is 0 Å². The Bertz CT molecular complexity index is 143. The second-order valence-electron chi connectivity index (χ2n) is 4.37. The Morgan fingerprint density at radius 2 is 1.18 bits per heavy atom. The van der Waals surface area contributed by atoms with Crippen molar-refractivity contribution < 1.29 is 14.9 Å². The zero-order valence-electron chi connectivity index (χ0n) is 11.3. The van der Waals surface area contributed by atoms with E-state index in [9.17, 15) is 0 Å². The third kappa shape index (κ3) is 12.1. The van der Waals surface area contributed by atoms with E-state index in [1.807, 2.05) is 14.1 Å². The molecule has 0 aliphatic heterocycles. The van der Waals surface area contributed by atoms with Crippen LogP contribution in [0.3, 0.4) is 0 Å². The van der Waals surface area contributed by atoms with Crippen LogP contribution < -0.4 is 0 Å². The Hall–Kier alpha value is -0.200. The molecule has 0 aliphatic rings. The summed E-state index contributed by atoms with van der Waals surface area (Å²) in [6.45, 7) is 5.37. The lowest BCUT2D eigenvalue weighted by atomic mass is 10.4. The zero-order valence-corrected chi connectivity index (χ0v) is 11.3. The van der Waals surface area contributed by atoms with E-state index in [1.165, 1.54) is 0 Å². The number of aliphatic hydroxyl groups excluding tert-OH is 2. The first-order chi connectivity index (χ1) is 8.20. The first kappa shape index (κ1) is 16.8. The fourth-order valence-corrected chi connectivity index (χ4v) is 1.54. The molecule has 0 saturated carbocycles. The van der Waals surface area contributed by atoms with Gasteiger partial charge in [-0.05, 0) is 26.9 Å². The van der Waals surface area contributed by atoms with Gasteiger partial charge in [-0.3, -0.25) is 0 Å². The van der Waals surface area contributed by atoms with Gasteiger partial charge >= 0.3 is 0 Å². The van der Waals surface area contributed by atoms with Gasteiger partial charge in [0.25, 0.3) is 0 Å². The van der Waals surface area contributed by atoms with Crippen molar-refractivity contribution in [3.05, 3.63) is 0 Å². The van der Waals surface area contributed by atoms with E-state index >= 15 is 0 Å². The van der Waals surface area contributed by atoms with Crippen LogP contribution in [-0.2, 0) is 4.74 Å². The smallest absolute Gasteiger partial charge is 0.0558 e. The molecular weight excluding hydrogens is 220 g/mol. The van der Waals surface area contributed by atoms with Crippen LogP contribution in [0.15, 0.2) is 0 Å². The number of rotatable bonds is 12. The molecule has 0 radical (unpaired) electrons. The van der Waals surface area contributed by atoms with Gasteiger partial charge in [0.05, 0.1) is 13.2 Å². The molecule has 5 heteroatoms. The number of hydrogen-bond donors (Lipinski definition) is 2. The zero-order chi connectivity index (χ0) is 12.9. The third-order valence-corrected chi connectivity index (χ3v) is 2.62. The van der Waals surface area contributed by atoms with E-state index in [2.05, 4.69) is 9.80 Å². The molecule has 2 N–H and O–H groups in total. The minimum absolute atomic E-state index is 0.217. The monoisotopic (exact) mass is 248 g/mol. The summed E-state index contributed by atoms with van der Waals surface area (Å²) in [7, 11) is 4.00. The molecule has 104 valence electrons. The maximum absolute atomic E-state index is 8.71. The second-order valence-corrected chi connectivity index (χ2v) is 4.37. The molecule has 0 fully saturated rings. The van der Waals surface area contributed by atoms with Crippen molar-refractivity contribution in [2.45, 2.75) is 12.8 Å². The molecule has 0 aromatic rings. The SMILES string of the molecule is CN(CCO)CCCOCCCN(C)CCO. The lowest BCUT2D eigenvalue weighted by Crippen LogP contribution is -2.25. The Balaban J connectivity index is 3.13. The van der Waals surface area contributed by atoms with Gasteiger partial charge in [0.15, 0.2) is 0 Å². The number of aliphatic hydroxyl groups is 2. The van der Waals surface area contributed by atoms with Gasteiger partial charge in [-0.15, -0.1) is 0 Å². The van der Waals surface area contributed by atoms with E-state index in [0.29, 0.717) is 0 Å². The summed E-state index contributed by atoms with van der Waals surface area (Å²) in [6.07, 6.45) is 2.01. The molecule has 0 atom stereocenters. The quantitative estimate of drug-likeness (QED) is 0.462. The number of likely N-dealkylation sites (N-methyl/N-ethyl adjacent to an activating group) is 2. The first-order valence-electron chi connectivity index (χ1n) is 6.37. The van der Waals surface area contributed by atoms with Crippen LogP contribution in [0.25, 0.3) is 0 Å². The van der Waals surface area contributed by atoms with Gasteiger partial charge in [-0.1, -0.05) is 0 Å². The Kier molecular flexibility index (Phi) is 12.1. The van der Waals surface area contributed by atoms with Gasteiger partial charge in [-0.25, -0.2) is 0 Å². The van der Waals surface area contributed by atoms with Gasteiger partial charge in [-0.2, -0.15) is 0 Å². The van der Waals surface area contributed by atoms with Crippen molar-refractivity contribution in [2.75, 3.05) is 66.7 Å². The van der Waals surface area contributed by atoms with E-state index < -0.39 is 0 Å². The molecule has 0 aromatic carbocycles. The number of nitrogens with zero attached hydrogens (tertiary/aromatic N) is 2. The fourth-order valence-electron chi connectivity index (χ4n) is 1.54. The minimum atomic E-state index is 0.217. The van der Waals surface area contributed by atoms with Crippen LogP contribution in [0.2, 0.25) is 0 Å². The normalized spacial score (nSPS) is 11.6. The van der Waals surface area contributed by atoms with Crippen LogP contribution >= 0.6 is 0 Å². The van der Waals surface area contributed by atoms with E-state index in [0.717, 1.165) is 52.2 Å². The predicted octanol–water partition coefficient (Wildman–Crippen LogP) is -0.369. The molecule has 0 aromatic heterocycles. The molecule has 17 heavy (non-hydrogen) atoms. The lowest BCUT2D eigenvalue weighted by molar-refractivity contribution is 0.110. The van der Waals surface area contributed by atoms with Crippen LogP contribution in [0, 0.1) is 0 Å². The molecule has 5 nitrogen and oxygen atoms in total. The average molecular weight is 248 g/mol. The largest absolute Gasteiger partial charge is 0.395 e. The molecule has 0 aliphatic carbocycles. The Labute approximate surface area is 105 Å². The summed E-state index contributed by atoms with van der Waals surface area (Å²) in [5, 5.41) is 17.4. The van der Waals surface area contributed by atoms with Crippen molar-refractivity contribution in [2.24, 2.45) is 0 Å². The van der Waals surface area contributed by atoms with Gasteiger partial charge in [0, 0.05) is 39.4 Å². The standard InChI is InChI=1S/C12H28N2O3/c1-13(7-9-15)5-3-11-17-12-4-6-14(2)8-10-16/h15-16H,3-12H2,1-2H3. The molecule has 0 heterocycles. The summed E-state index contributed by atoms with van der Waals surface area (Å²) in [5.74, 6) is 0. The molecule has 0 saturated heterocycles. The maximum Gasteiger partial charge on any atom is 0.0558 e. The summed E-state index contributed by atoms with van der Waals surface area (Å²) in [4.78, 5) is 4.19. The van der Waals surface area contributed by atoms with Crippen LogP contribution in [-0.4, -0.2) is 86.7 Å². The molecule has 0 rings (SSSR count). The molecule has 0 spiro atoms. The van der Waals surface area contributed by atoms with Crippen molar-refractivity contribution in [1.29, 1.82) is 0 Å². The van der Waals surface area contributed by atoms with Gasteiger partial charge in [0.1, 0.15) is 0 Å². The van der Waals surface area contributed by atoms with E-state index in [1.54, 1.807) is 0 Å². The van der Waals surface area contributed by atoms with Crippen molar-refractivity contribution in [1.82, 2.24) is 9.80 Å². The highest BCUT2D eigenvalue weighted by Gasteiger charge is 1.98. The Morgan fingerprint density at radius 1 is 0.765 bits per heavy atom. The van der Waals surface area contributed by atoms with Crippen LogP contribution in [0.4, 0.5) is 0 Å². The highest BCUT2D eigenvalue weighted by atomic mass is 16.5. The number of ether oxygens (including phenoxy) is 1. The summed E-state index contributed by atoms with van der Waals surface area (Å²) in [5.41, 5.74) is 0. The number of hydrogen-bond acceptors (Lipinski definition) is 5. The first-order valence-corrected chi connectivity index (χ1v) is 6.37. The van der Waals surface area contributed by atoms with Crippen LogP contribution in [0.5, 0.6) is 0 Å². The van der Waals surface area contributed by atoms with E-state index in [-0.39, 0.29) is 13.2 Å². The van der Waals surface area contributed by atoms with Gasteiger partial charge < -0.3 is 24.7 Å². The fraction of sp³-hybridized carbons (Fsp3) is 1.00. The molecule has 0 bridgehead atoms. The average Bonchev–Trinajstić information content (AvgIpc) is 2.28. The highest BCUT2D eigenvalue weighted by Crippen LogP contribution is 1.91. The lowest BCUT2D eigenvalue weighted by Gasteiger charge is -2.16. The topological polar surface area (TPSA) is 56.2 Å². The van der Waals surface area contributed by atoms with Crippen LogP contribution in [0.1, 0.15) is 12.8 Å². The minimum Gasteiger partial charge on any atom is -0.395 e. The third-order valence-electron chi connectivity index (χ3n) is 2.62. The van der Waals surface area contributed by atoms with Crippen molar-refractivity contribution in [3.8, 4) is 0 Å². The second kappa shape index (κ2) is 12.3. The highest BCUT2D eigenvalue weighted by molar-refractivity contribution is 4.51. The summed E-state index contributed by atoms with van der Waals surface area (Å²) >= 11 is 0. The Morgan fingerprint density at radius 3 is 1.53 bits per heavy atom. The molecular formula is C12H28N2O3.